The smallest absolute Gasteiger partial charge is 0.213 e. The Balaban J connectivity index is 1.77. The molecule has 1 saturated carbocycles. The third-order valence-corrected chi connectivity index (χ3v) is 2.81. The molecule has 16 heavy (non-hydrogen) atoms. The highest BCUT2D eigenvalue weighted by Gasteiger charge is 2.20. The van der Waals surface area contributed by atoms with Crippen LogP contribution in [0.1, 0.15) is 31.9 Å². The van der Waals surface area contributed by atoms with Crippen molar-refractivity contribution in [1.29, 1.82) is 0 Å². The van der Waals surface area contributed by atoms with E-state index < -0.39 is 0 Å². The summed E-state index contributed by atoms with van der Waals surface area (Å²) in [4.78, 5) is 4.44. The van der Waals surface area contributed by atoms with Crippen LogP contribution < -0.4 is 10.1 Å². The Labute approximate surface area is 97.2 Å². The lowest BCUT2D eigenvalue weighted by Crippen LogP contribution is -2.13. The normalized spacial score (nSPS) is 15.1. The van der Waals surface area contributed by atoms with Crippen LogP contribution in [0.5, 0.6) is 5.88 Å². The summed E-state index contributed by atoms with van der Waals surface area (Å²) < 4.78 is 5.64. The molecule has 3 heteroatoms. The Hall–Kier alpha value is -1.09. The van der Waals surface area contributed by atoms with Crippen LogP contribution >= 0.6 is 0 Å². The number of hydrogen-bond acceptors (Lipinski definition) is 3. The van der Waals surface area contributed by atoms with Crippen molar-refractivity contribution in [1.82, 2.24) is 10.3 Å². The number of hydrogen-bond donors (Lipinski definition) is 1. The van der Waals surface area contributed by atoms with E-state index in [9.17, 15) is 0 Å². The van der Waals surface area contributed by atoms with Gasteiger partial charge in [-0.1, -0.05) is 25.8 Å². The monoisotopic (exact) mass is 220 g/mol. The van der Waals surface area contributed by atoms with E-state index in [1.807, 2.05) is 18.2 Å². The largest absolute Gasteiger partial charge is 0.478 e. The maximum atomic E-state index is 5.64. The molecule has 0 atom stereocenters. The van der Waals surface area contributed by atoms with E-state index >= 15 is 0 Å². The molecule has 0 spiro atoms. The number of nitrogens with one attached hydrogen (secondary N) is 1. The summed E-state index contributed by atoms with van der Waals surface area (Å²) in [5.74, 6) is 1.68. The Morgan fingerprint density at radius 3 is 3.06 bits per heavy atom. The summed E-state index contributed by atoms with van der Waals surface area (Å²) in [6.07, 6.45) is 3.95. The van der Waals surface area contributed by atoms with Gasteiger partial charge < -0.3 is 10.1 Å². The molecule has 1 aliphatic rings. The Kier molecular flexibility index (Phi) is 4.17. The minimum absolute atomic E-state index is 0.760. The van der Waals surface area contributed by atoms with Crippen molar-refractivity contribution < 1.29 is 4.74 Å². The molecule has 1 aromatic heterocycles. The summed E-state index contributed by atoms with van der Waals surface area (Å²) in [5, 5.41) is 3.26. The molecule has 0 bridgehead atoms. The van der Waals surface area contributed by atoms with Gasteiger partial charge in [0, 0.05) is 12.6 Å². The lowest BCUT2D eigenvalue weighted by molar-refractivity contribution is 0.290. The highest BCUT2D eigenvalue weighted by Crippen LogP contribution is 2.32. The van der Waals surface area contributed by atoms with Crippen molar-refractivity contribution in [2.24, 2.45) is 5.92 Å². The van der Waals surface area contributed by atoms with E-state index in [2.05, 4.69) is 17.2 Å². The molecule has 0 aromatic carbocycles. The van der Waals surface area contributed by atoms with Gasteiger partial charge in [0.15, 0.2) is 0 Å². The zero-order valence-electron chi connectivity index (χ0n) is 9.91. The molecule has 0 aliphatic heterocycles. The van der Waals surface area contributed by atoms with Crippen LogP contribution in [-0.4, -0.2) is 18.1 Å². The van der Waals surface area contributed by atoms with E-state index in [0.717, 1.165) is 37.2 Å². The molecule has 2 rings (SSSR count). The van der Waals surface area contributed by atoms with Gasteiger partial charge in [-0.3, -0.25) is 0 Å². The van der Waals surface area contributed by atoms with Crippen LogP contribution in [0.15, 0.2) is 18.2 Å². The van der Waals surface area contributed by atoms with Gasteiger partial charge in [-0.25, -0.2) is 4.98 Å². The van der Waals surface area contributed by atoms with Gasteiger partial charge >= 0.3 is 0 Å². The maximum absolute atomic E-state index is 5.64. The standard InChI is InChI=1S/C13H20N2O/c1-2-14-10-12-4-3-5-13(15-12)16-9-8-11-6-7-11/h3-5,11,14H,2,6-10H2,1H3. The van der Waals surface area contributed by atoms with Gasteiger partial charge in [-0.15, -0.1) is 0 Å². The molecule has 3 nitrogen and oxygen atoms in total. The lowest BCUT2D eigenvalue weighted by Gasteiger charge is -2.06. The van der Waals surface area contributed by atoms with Crippen LogP contribution in [-0.2, 0) is 6.54 Å². The van der Waals surface area contributed by atoms with Crippen LogP contribution in [0.4, 0.5) is 0 Å². The van der Waals surface area contributed by atoms with E-state index in [0.29, 0.717) is 0 Å². The Morgan fingerprint density at radius 2 is 2.31 bits per heavy atom. The second kappa shape index (κ2) is 5.85. The number of rotatable bonds is 7. The van der Waals surface area contributed by atoms with E-state index in [-0.39, 0.29) is 0 Å². The predicted octanol–water partition coefficient (Wildman–Crippen LogP) is 2.37. The van der Waals surface area contributed by atoms with Crippen molar-refractivity contribution in [2.45, 2.75) is 32.7 Å². The van der Waals surface area contributed by atoms with Crippen LogP contribution in [0.3, 0.4) is 0 Å². The zero-order chi connectivity index (χ0) is 11.2. The highest BCUT2D eigenvalue weighted by atomic mass is 16.5. The molecule has 0 saturated heterocycles. The molecule has 1 fully saturated rings. The zero-order valence-corrected chi connectivity index (χ0v) is 9.91. The summed E-state index contributed by atoms with van der Waals surface area (Å²) in [5.41, 5.74) is 1.05. The molecule has 0 unspecified atom stereocenters. The van der Waals surface area contributed by atoms with Crippen molar-refractivity contribution in [3.05, 3.63) is 23.9 Å². The highest BCUT2D eigenvalue weighted by molar-refractivity contribution is 5.15. The minimum atomic E-state index is 0.760. The number of ether oxygens (including phenoxy) is 1. The number of pyridine rings is 1. The molecule has 1 N–H and O–H groups in total. The van der Waals surface area contributed by atoms with Gasteiger partial charge in [0.25, 0.3) is 0 Å². The van der Waals surface area contributed by atoms with Crippen molar-refractivity contribution in [2.75, 3.05) is 13.2 Å². The summed E-state index contributed by atoms with van der Waals surface area (Å²) in [6, 6.07) is 5.96. The molecule has 0 radical (unpaired) electrons. The third-order valence-electron chi connectivity index (χ3n) is 2.81. The summed E-state index contributed by atoms with van der Waals surface area (Å²) >= 11 is 0. The van der Waals surface area contributed by atoms with Crippen LogP contribution in [0.25, 0.3) is 0 Å². The fraction of sp³-hybridized carbons (Fsp3) is 0.615. The quantitative estimate of drug-likeness (QED) is 0.766. The average molecular weight is 220 g/mol. The number of nitrogens with zero attached hydrogens (tertiary/aromatic N) is 1. The average Bonchev–Trinajstić information content (AvgIpc) is 3.11. The first kappa shape index (κ1) is 11.4. The molecule has 88 valence electrons. The van der Waals surface area contributed by atoms with Gasteiger partial charge in [0.05, 0.1) is 12.3 Å². The lowest BCUT2D eigenvalue weighted by atomic mass is 10.3. The van der Waals surface area contributed by atoms with Gasteiger partial charge in [-0.05, 0) is 24.9 Å². The summed E-state index contributed by atoms with van der Waals surface area (Å²) in [7, 11) is 0. The fourth-order valence-electron chi connectivity index (χ4n) is 1.63. The Bertz CT molecular complexity index is 323. The van der Waals surface area contributed by atoms with E-state index in [4.69, 9.17) is 4.74 Å². The topological polar surface area (TPSA) is 34.1 Å². The minimum Gasteiger partial charge on any atom is -0.478 e. The Morgan fingerprint density at radius 1 is 1.44 bits per heavy atom. The first-order chi connectivity index (χ1) is 7.88. The van der Waals surface area contributed by atoms with E-state index in [1.54, 1.807) is 0 Å². The molecule has 1 aliphatic carbocycles. The van der Waals surface area contributed by atoms with E-state index in [1.165, 1.54) is 19.3 Å². The molecule has 0 amide bonds. The summed E-state index contributed by atoms with van der Waals surface area (Å²) in [6.45, 7) is 4.68. The SMILES string of the molecule is CCNCc1cccc(OCCC2CC2)n1. The number of aromatic nitrogens is 1. The first-order valence-electron chi connectivity index (χ1n) is 6.18. The molecular formula is C13H20N2O. The third kappa shape index (κ3) is 3.81. The van der Waals surface area contributed by atoms with Crippen LogP contribution in [0, 0.1) is 5.92 Å². The van der Waals surface area contributed by atoms with Gasteiger partial charge in [0.2, 0.25) is 5.88 Å². The molecular weight excluding hydrogens is 200 g/mol. The van der Waals surface area contributed by atoms with Gasteiger partial charge in [0.1, 0.15) is 0 Å². The molecule has 1 aromatic rings. The second-order valence-corrected chi connectivity index (χ2v) is 4.33. The van der Waals surface area contributed by atoms with Gasteiger partial charge in [-0.2, -0.15) is 0 Å². The predicted molar refractivity (Wildman–Crippen MR) is 64.5 cm³/mol. The fourth-order valence-corrected chi connectivity index (χ4v) is 1.63. The van der Waals surface area contributed by atoms with Crippen molar-refractivity contribution in [3.63, 3.8) is 0 Å². The molecule has 1 heterocycles. The van der Waals surface area contributed by atoms with Crippen molar-refractivity contribution >= 4 is 0 Å². The second-order valence-electron chi connectivity index (χ2n) is 4.33. The van der Waals surface area contributed by atoms with Crippen LogP contribution in [0.2, 0.25) is 0 Å². The first-order valence-corrected chi connectivity index (χ1v) is 6.18. The van der Waals surface area contributed by atoms with Crippen molar-refractivity contribution in [3.8, 4) is 5.88 Å². The maximum Gasteiger partial charge on any atom is 0.213 e.